The first kappa shape index (κ1) is 19.5. The van der Waals surface area contributed by atoms with Crippen molar-refractivity contribution in [3.8, 4) is 0 Å². The van der Waals surface area contributed by atoms with E-state index in [1.807, 2.05) is 0 Å². The van der Waals surface area contributed by atoms with Gasteiger partial charge in [0.1, 0.15) is 0 Å². The topological polar surface area (TPSA) is 14.1 Å². The summed E-state index contributed by atoms with van der Waals surface area (Å²) < 4.78 is 5.41. The molecule has 0 aliphatic rings. The molecule has 2 aromatic carbocycles. The van der Waals surface area contributed by atoms with E-state index in [1.165, 1.54) is 11.1 Å². The molecule has 0 N–H and O–H groups in total. The Bertz CT molecular complexity index is 504. The Morgan fingerprint density at radius 1 is 0.636 bits per heavy atom. The molecule has 0 saturated heterocycles. The van der Waals surface area contributed by atoms with Crippen molar-refractivity contribution >= 4 is 16.5 Å². The fraction of sp³-hybridized carbons (Fsp3) is 0.333. The number of nitrogens with zero attached hydrogens (tertiary/aromatic N) is 1. The predicted molar refractivity (Wildman–Crippen MR) is 98.6 cm³/mol. The SMILES string of the molecule is C[Si](C)(Cc1ccccc1)[N-][Si](C)(C)Cc1ccccc1.[Li+]. The van der Waals surface area contributed by atoms with Gasteiger partial charge in [0.2, 0.25) is 0 Å². The zero-order valence-corrected chi connectivity index (χ0v) is 16.6. The Labute approximate surface area is 149 Å². The molecule has 0 amide bonds. The molecule has 1 nitrogen and oxygen atoms in total. The van der Waals surface area contributed by atoms with E-state index >= 15 is 0 Å². The van der Waals surface area contributed by atoms with Crippen LogP contribution in [0, 0.1) is 0 Å². The Balaban J connectivity index is 0.00000242. The van der Waals surface area contributed by atoms with Crippen LogP contribution in [0.15, 0.2) is 60.7 Å². The fourth-order valence-electron chi connectivity index (χ4n) is 3.09. The summed E-state index contributed by atoms with van der Waals surface area (Å²) in [5.41, 5.74) is 2.87. The van der Waals surface area contributed by atoms with Gasteiger partial charge in [0.25, 0.3) is 0 Å². The molecule has 112 valence electrons. The first-order valence-electron chi connectivity index (χ1n) is 7.68. The molecule has 2 aromatic rings. The zero-order valence-electron chi connectivity index (χ0n) is 14.6. The molecule has 0 unspecified atom stereocenters. The van der Waals surface area contributed by atoms with Crippen LogP contribution in [0.1, 0.15) is 11.1 Å². The second-order valence-corrected chi connectivity index (χ2v) is 15.9. The average molecular weight is 320 g/mol. The van der Waals surface area contributed by atoms with Crippen molar-refractivity contribution in [3.05, 3.63) is 76.4 Å². The van der Waals surface area contributed by atoms with Gasteiger partial charge in [-0.2, -0.15) is 0 Å². The second kappa shape index (κ2) is 8.33. The molecule has 0 aliphatic carbocycles. The van der Waals surface area contributed by atoms with Crippen LogP contribution in [-0.2, 0) is 12.1 Å². The molecule has 0 saturated carbocycles. The maximum absolute atomic E-state index is 5.41. The summed E-state index contributed by atoms with van der Waals surface area (Å²) in [7, 11) is -3.09. The van der Waals surface area contributed by atoms with Gasteiger partial charge in [0, 0.05) is 0 Å². The van der Waals surface area contributed by atoms with Crippen molar-refractivity contribution in [1.29, 1.82) is 0 Å². The monoisotopic (exact) mass is 319 g/mol. The van der Waals surface area contributed by atoms with Crippen LogP contribution in [0.2, 0.25) is 26.2 Å². The fourth-order valence-corrected chi connectivity index (χ4v) is 12.7. The summed E-state index contributed by atoms with van der Waals surface area (Å²) in [6, 6.07) is 23.9. The normalized spacial score (nSPS) is 11.8. The first-order chi connectivity index (χ1) is 9.86. The molecule has 0 radical (unpaired) electrons. The van der Waals surface area contributed by atoms with Gasteiger partial charge < -0.3 is 4.65 Å². The molecular formula is C18H26LiNSi2. The van der Waals surface area contributed by atoms with Crippen molar-refractivity contribution in [2.45, 2.75) is 38.3 Å². The van der Waals surface area contributed by atoms with Gasteiger partial charge >= 0.3 is 18.9 Å². The molecule has 0 aromatic heterocycles. The van der Waals surface area contributed by atoms with Crippen molar-refractivity contribution < 1.29 is 18.9 Å². The minimum atomic E-state index is -1.55. The molecule has 0 fully saturated rings. The quantitative estimate of drug-likeness (QED) is 0.726. The van der Waals surface area contributed by atoms with Crippen LogP contribution in [-0.4, -0.2) is 16.5 Å². The van der Waals surface area contributed by atoms with E-state index in [2.05, 4.69) is 86.9 Å². The molecular weight excluding hydrogens is 293 g/mol. The second-order valence-electron chi connectivity index (χ2n) is 7.06. The van der Waals surface area contributed by atoms with E-state index < -0.39 is 16.5 Å². The van der Waals surface area contributed by atoms with Gasteiger partial charge in [-0.3, -0.25) is 0 Å². The Morgan fingerprint density at radius 2 is 0.955 bits per heavy atom. The summed E-state index contributed by atoms with van der Waals surface area (Å²) in [5.74, 6) is 0. The number of rotatable bonds is 6. The third kappa shape index (κ3) is 6.68. The van der Waals surface area contributed by atoms with Crippen LogP contribution in [0.4, 0.5) is 0 Å². The van der Waals surface area contributed by atoms with Gasteiger partial charge in [-0.15, -0.1) is 0 Å². The summed E-state index contributed by atoms with van der Waals surface area (Å²) in [6.07, 6.45) is 0. The minimum absolute atomic E-state index is 0. The van der Waals surface area contributed by atoms with Crippen LogP contribution in [0.3, 0.4) is 0 Å². The van der Waals surface area contributed by atoms with E-state index in [1.54, 1.807) is 0 Å². The largest absolute Gasteiger partial charge is 1.00 e. The molecule has 0 aliphatic heterocycles. The summed E-state index contributed by atoms with van der Waals surface area (Å²) in [6.45, 7) is 9.61. The Morgan fingerprint density at radius 3 is 1.27 bits per heavy atom. The van der Waals surface area contributed by atoms with E-state index in [9.17, 15) is 0 Å². The first-order valence-corrected chi connectivity index (χ1v) is 14.0. The number of benzene rings is 2. The molecule has 4 heteroatoms. The van der Waals surface area contributed by atoms with Gasteiger partial charge in [-0.25, -0.2) is 0 Å². The standard InChI is InChI=1S/C18H26NSi2.Li/c1-20(2,15-17-11-7-5-8-12-17)19-21(3,4)16-18-13-9-6-10-14-18;/h5-14H,15-16H2,1-4H3;/q-1;+1. The van der Waals surface area contributed by atoms with Gasteiger partial charge in [0.15, 0.2) is 0 Å². The number of hydrogen-bond acceptors (Lipinski definition) is 0. The van der Waals surface area contributed by atoms with Crippen molar-refractivity contribution in [3.63, 3.8) is 0 Å². The van der Waals surface area contributed by atoms with E-state index in [4.69, 9.17) is 4.65 Å². The summed E-state index contributed by atoms with van der Waals surface area (Å²) >= 11 is 0. The van der Waals surface area contributed by atoms with E-state index in [0.29, 0.717) is 0 Å². The average Bonchev–Trinajstić information content (AvgIpc) is 2.38. The van der Waals surface area contributed by atoms with Crippen molar-refractivity contribution in [2.24, 2.45) is 0 Å². The zero-order chi connectivity index (χ0) is 15.3. The van der Waals surface area contributed by atoms with Crippen molar-refractivity contribution in [2.75, 3.05) is 0 Å². The van der Waals surface area contributed by atoms with Crippen molar-refractivity contribution in [1.82, 2.24) is 0 Å². The van der Waals surface area contributed by atoms with Crippen LogP contribution in [0.5, 0.6) is 0 Å². The smallest absolute Gasteiger partial charge is 0.667 e. The molecule has 0 spiro atoms. The predicted octanol–water partition coefficient (Wildman–Crippen LogP) is 2.34. The summed E-state index contributed by atoms with van der Waals surface area (Å²) in [5, 5.41) is 0. The summed E-state index contributed by atoms with van der Waals surface area (Å²) in [4.78, 5) is 0. The van der Waals surface area contributed by atoms with Gasteiger partial charge in [0.05, 0.1) is 0 Å². The molecule has 22 heavy (non-hydrogen) atoms. The molecule has 0 heterocycles. The third-order valence-electron chi connectivity index (χ3n) is 3.56. The van der Waals surface area contributed by atoms with Gasteiger partial charge in [-0.1, -0.05) is 127 Å². The van der Waals surface area contributed by atoms with Crippen LogP contribution < -0.4 is 18.9 Å². The maximum Gasteiger partial charge on any atom is 1.00 e. The Kier molecular flexibility index (Phi) is 7.38. The van der Waals surface area contributed by atoms with E-state index in [0.717, 1.165) is 12.1 Å². The minimum Gasteiger partial charge on any atom is -0.667 e. The molecule has 0 bridgehead atoms. The maximum atomic E-state index is 5.41. The van der Waals surface area contributed by atoms with Crippen LogP contribution in [0.25, 0.3) is 4.65 Å². The molecule has 0 atom stereocenters. The Hall–Kier alpha value is -0.569. The number of hydrogen-bond donors (Lipinski definition) is 0. The third-order valence-corrected chi connectivity index (χ3v) is 11.0. The molecule has 2 rings (SSSR count). The van der Waals surface area contributed by atoms with E-state index in [-0.39, 0.29) is 18.9 Å². The van der Waals surface area contributed by atoms with Gasteiger partial charge in [-0.05, 0) is 0 Å². The van der Waals surface area contributed by atoms with Crippen LogP contribution >= 0.6 is 0 Å².